The second kappa shape index (κ2) is 2.38. The van der Waals surface area contributed by atoms with Gasteiger partial charge in [0.05, 0.1) is 11.6 Å². The summed E-state index contributed by atoms with van der Waals surface area (Å²) in [6, 6.07) is 0. The molecule has 4 heteroatoms. The molecule has 1 aromatic heterocycles. The van der Waals surface area contributed by atoms with Gasteiger partial charge in [0.1, 0.15) is 6.26 Å². The predicted octanol–water partition coefficient (Wildman–Crippen LogP) is 1.04. The molecule has 0 amide bonds. The van der Waals surface area contributed by atoms with Crippen LogP contribution in [-0.2, 0) is 10.2 Å². The summed E-state index contributed by atoms with van der Waals surface area (Å²) in [5.41, 5.74) is -0.343. The van der Waals surface area contributed by atoms with Gasteiger partial charge in [0.2, 0.25) is 0 Å². The Hall–Kier alpha value is -1.32. The Kier molecular flexibility index (Phi) is 1.68. The van der Waals surface area contributed by atoms with Gasteiger partial charge in [-0.3, -0.25) is 4.79 Å². The largest absolute Gasteiger partial charge is 0.481 e. The number of rotatable bonds is 2. The maximum absolute atomic E-state index is 10.6. The highest BCUT2D eigenvalue weighted by Gasteiger charge is 2.30. The predicted molar refractivity (Wildman–Crippen MR) is 37.2 cm³/mol. The molecule has 0 bridgehead atoms. The number of nitrogens with zero attached hydrogens (tertiary/aromatic N) is 1. The van der Waals surface area contributed by atoms with Gasteiger partial charge in [-0.25, -0.2) is 0 Å². The van der Waals surface area contributed by atoms with Crippen molar-refractivity contribution >= 4 is 5.97 Å². The molecule has 0 saturated carbocycles. The molecule has 11 heavy (non-hydrogen) atoms. The summed E-state index contributed by atoms with van der Waals surface area (Å²) in [6.07, 6.45) is 2.75. The summed E-state index contributed by atoms with van der Waals surface area (Å²) >= 11 is 0. The Labute approximate surface area is 63.8 Å². The first-order valence-electron chi connectivity index (χ1n) is 3.18. The maximum Gasteiger partial charge on any atom is 0.313 e. The molecule has 0 radical (unpaired) electrons. The fourth-order valence-electron chi connectivity index (χ4n) is 0.637. The van der Waals surface area contributed by atoms with Crippen LogP contribution in [0.4, 0.5) is 0 Å². The molecule has 0 aliphatic carbocycles. The van der Waals surface area contributed by atoms with Crippen LogP contribution in [0.3, 0.4) is 0 Å². The quantitative estimate of drug-likeness (QED) is 0.692. The zero-order chi connectivity index (χ0) is 8.48. The molecule has 60 valence electrons. The van der Waals surface area contributed by atoms with Gasteiger partial charge < -0.3 is 9.63 Å². The zero-order valence-electron chi connectivity index (χ0n) is 6.37. The van der Waals surface area contributed by atoms with Crippen LogP contribution in [0.25, 0.3) is 0 Å². The first kappa shape index (κ1) is 7.78. The van der Waals surface area contributed by atoms with Crippen molar-refractivity contribution in [3.05, 3.63) is 18.0 Å². The summed E-state index contributed by atoms with van der Waals surface area (Å²) in [5.74, 6) is -0.888. The molecule has 1 N–H and O–H groups in total. The molecule has 4 nitrogen and oxygen atoms in total. The first-order valence-corrected chi connectivity index (χ1v) is 3.18. The Bertz CT molecular complexity index is 251. The highest BCUT2D eigenvalue weighted by atomic mass is 16.5. The lowest BCUT2D eigenvalue weighted by Gasteiger charge is -2.15. The molecule has 0 unspecified atom stereocenters. The number of hydrogen-bond acceptors (Lipinski definition) is 3. The smallest absolute Gasteiger partial charge is 0.313 e. The van der Waals surface area contributed by atoms with Crippen molar-refractivity contribution in [2.45, 2.75) is 19.3 Å². The lowest BCUT2D eigenvalue weighted by Crippen LogP contribution is -2.27. The monoisotopic (exact) mass is 155 g/mol. The normalized spacial score (nSPS) is 11.5. The van der Waals surface area contributed by atoms with Crippen LogP contribution in [0, 0.1) is 0 Å². The molecule has 0 fully saturated rings. The Balaban J connectivity index is 3.00. The van der Waals surface area contributed by atoms with Gasteiger partial charge in [0.15, 0.2) is 0 Å². The van der Waals surface area contributed by atoms with E-state index in [2.05, 4.69) is 9.68 Å². The molecule has 1 rings (SSSR count). The van der Waals surface area contributed by atoms with Gasteiger partial charge >= 0.3 is 5.97 Å². The van der Waals surface area contributed by atoms with Crippen LogP contribution in [0.15, 0.2) is 17.0 Å². The molecule has 0 aliphatic heterocycles. The standard InChI is InChI=1S/C7H9NO3/c1-7(2,6(9)10)5-3-8-11-4-5/h3-4H,1-2H3,(H,9,10). The molecule has 0 saturated heterocycles. The van der Waals surface area contributed by atoms with E-state index in [9.17, 15) is 4.79 Å². The van der Waals surface area contributed by atoms with E-state index in [4.69, 9.17) is 5.11 Å². The third-order valence-corrected chi connectivity index (χ3v) is 1.69. The minimum absolute atomic E-state index is 0.574. The van der Waals surface area contributed by atoms with Crippen LogP contribution in [0.1, 0.15) is 19.4 Å². The molecule has 0 aliphatic rings. The number of aliphatic carboxylic acids is 1. The second-order valence-electron chi connectivity index (χ2n) is 2.84. The SMILES string of the molecule is CC(C)(C(=O)O)c1cnoc1. The Morgan fingerprint density at radius 2 is 2.36 bits per heavy atom. The average Bonchev–Trinajstić information content (AvgIpc) is 2.37. The lowest BCUT2D eigenvalue weighted by atomic mass is 9.87. The molecular formula is C7H9NO3. The number of hydrogen-bond donors (Lipinski definition) is 1. The summed E-state index contributed by atoms with van der Waals surface area (Å²) in [4.78, 5) is 10.6. The number of carbonyl (C=O) groups is 1. The van der Waals surface area contributed by atoms with E-state index in [1.165, 1.54) is 12.5 Å². The molecule has 0 aromatic carbocycles. The number of carboxylic acids is 1. The fourth-order valence-corrected chi connectivity index (χ4v) is 0.637. The zero-order valence-corrected chi connectivity index (χ0v) is 6.37. The summed E-state index contributed by atoms with van der Waals surface area (Å²) in [5, 5.41) is 12.2. The fraction of sp³-hybridized carbons (Fsp3) is 0.429. The highest BCUT2D eigenvalue weighted by Crippen LogP contribution is 2.22. The van der Waals surface area contributed by atoms with Gasteiger partial charge in [-0.2, -0.15) is 0 Å². The van der Waals surface area contributed by atoms with Gasteiger partial charge in [-0.1, -0.05) is 5.16 Å². The minimum Gasteiger partial charge on any atom is -0.481 e. The van der Waals surface area contributed by atoms with Crippen LogP contribution in [0.5, 0.6) is 0 Å². The Morgan fingerprint density at radius 3 is 2.73 bits per heavy atom. The summed E-state index contributed by atoms with van der Waals surface area (Å²) in [7, 11) is 0. The van der Waals surface area contributed by atoms with E-state index >= 15 is 0 Å². The van der Waals surface area contributed by atoms with Crippen LogP contribution in [-0.4, -0.2) is 16.2 Å². The van der Waals surface area contributed by atoms with E-state index in [0.717, 1.165) is 0 Å². The van der Waals surface area contributed by atoms with E-state index in [0.29, 0.717) is 5.56 Å². The number of carboxylic acid groups (broad SMARTS) is 1. The Morgan fingerprint density at radius 1 is 1.73 bits per heavy atom. The molecule has 0 atom stereocenters. The van der Waals surface area contributed by atoms with Crippen molar-refractivity contribution in [3.8, 4) is 0 Å². The molecule has 0 spiro atoms. The average molecular weight is 155 g/mol. The van der Waals surface area contributed by atoms with Crippen LogP contribution in [0.2, 0.25) is 0 Å². The van der Waals surface area contributed by atoms with Gasteiger partial charge in [-0.05, 0) is 13.8 Å². The lowest BCUT2D eigenvalue weighted by molar-refractivity contribution is -0.142. The van der Waals surface area contributed by atoms with Crippen molar-refractivity contribution in [2.75, 3.05) is 0 Å². The highest BCUT2D eigenvalue weighted by molar-refractivity contribution is 5.79. The minimum atomic E-state index is -0.917. The topological polar surface area (TPSA) is 63.3 Å². The van der Waals surface area contributed by atoms with Crippen molar-refractivity contribution in [1.82, 2.24) is 5.16 Å². The van der Waals surface area contributed by atoms with Crippen molar-refractivity contribution in [2.24, 2.45) is 0 Å². The number of aromatic nitrogens is 1. The summed E-state index contributed by atoms with van der Waals surface area (Å²) in [6.45, 7) is 3.20. The van der Waals surface area contributed by atoms with Gasteiger partial charge in [-0.15, -0.1) is 0 Å². The van der Waals surface area contributed by atoms with E-state index < -0.39 is 11.4 Å². The first-order chi connectivity index (χ1) is 5.05. The van der Waals surface area contributed by atoms with Gasteiger partial charge in [0, 0.05) is 5.56 Å². The molecule has 1 aromatic rings. The molecule has 1 heterocycles. The second-order valence-corrected chi connectivity index (χ2v) is 2.84. The van der Waals surface area contributed by atoms with E-state index in [1.54, 1.807) is 13.8 Å². The van der Waals surface area contributed by atoms with Crippen molar-refractivity contribution in [1.29, 1.82) is 0 Å². The van der Waals surface area contributed by atoms with Crippen molar-refractivity contribution in [3.63, 3.8) is 0 Å². The van der Waals surface area contributed by atoms with E-state index in [-0.39, 0.29) is 0 Å². The van der Waals surface area contributed by atoms with Crippen LogP contribution < -0.4 is 0 Å². The van der Waals surface area contributed by atoms with Crippen molar-refractivity contribution < 1.29 is 14.4 Å². The summed E-state index contributed by atoms with van der Waals surface area (Å²) < 4.78 is 4.54. The van der Waals surface area contributed by atoms with Crippen LogP contribution >= 0.6 is 0 Å². The third-order valence-electron chi connectivity index (χ3n) is 1.69. The van der Waals surface area contributed by atoms with E-state index in [1.807, 2.05) is 0 Å². The van der Waals surface area contributed by atoms with Gasteiger partial charge in [0.25, 0.3) is 0 Å². The third kappa shape index (κ3) is 1.24. The maximum atomic E-state index is 10.6. The molecular weight excluding hydrogens is 146 g/mol.